The quantitative estimate of drug-likeness (QED) is 0.658. The molecular weight excluding hydrogens is 294 g/mol. The summed E-state index contributed by atoms with van der Waals surface area (Å²) in [5.74, 6) is -0.234. The maximum Gasteiger partial charge on any atom is 0.273 e. The number of carbonyl (C=O) groups excluding carboxylic acids is 1. The first-order valence-electron chi connectivity index (χ1n) is 6.90. The number of hydrogen-bond donors (Lipinski definition) is 2. The Labute approximate surface area is 129 Å². The molecule has 2 N–H and O–H groups in total. The molecular formula is C14H20ClN3O3. The zero-order valence-corrected chi connectivity index (χ0v) is 12.7. The molecule has 1 aromatic rings. The summed E-state index contributed by atoms with van der Waals surface area (Å²) in [6.45, 7) is 3.64. The number of nitrogens with zero attached hydrogens (tertiary/aromatic N) is 1. The van der Waals surface area contributed by atoms with Crippen LogP contribution in [0.4, 0.5) is 5.69 Å². The van der Waals surface area contributed by atoms with Gasteiger partial charge in [-0.3, -0.25) is 14.9 Å². The van der Waals surface area contributed by atoms with Gasteiger partial charge in [0.05, 0.1) is 4.92 Å². The summed E-state index contributed by atoms with van der Waals surface area (Å²) in [6, 6.07) is 4.83. The van der Waals surface area contributed by atoms with E-state index in [1.165, 1.54) is 6.07 Å². The van der Waals surface area contributed by atoms with Crippen molar-refractivity contribution in [2.75, 3.05) is 13.1 Å². The number of rotatable bonds is 4. The fourth-order valence-electron chi connectivity index (χ4n) is 2.41. The Morgan fingerprint density at radius 2 is 2.10 bits per heavy atom. The first-order valence-corrected chi connectivity index (χ1v) is 6.90. The molecule has 6 nitrogen and oxygen atoms in total. The molecule has 0 atom stereocenters. The number of carbonyl (C=O) groups is 1. The van der Waals surface area contributed by atoms with Gasteiger partial charge in [0.15, 0.2) is 0 Å². The van der Waals surface area contributed by atoms with Crippen LogP contribution >= 0.6 is 12.4 Å². The van der Waals surface area contributed by atoms with E-state index >= 15 is 0 Å². The third kappa shape index (κ3) is 4.41. The van der Waals surface area contributed by atoms with Crippen LogP contribution in [0.1, 0.15) is 35.7 Å². The van der Waals surface area contributed by atoms with Gasteiger partial charge >= 0.3 is 0 Å². The van der Waals surface area contributed by atoms with Gasteiger partial charge in [-0.15, -0.1) is 12.4 Å². The summed E-state index contributed by atoms with van der Waals surface area (Å²) in [6.07, 6.45) is 2.36. The van der Waals surface area contributed by atoms with Gasteiger partial charge in [0.25, 0.3) is 11.6 Å². The molecule has 0 spiro atoms. The summed E-state index contributed by atoms with van der Waals surface area (Å²) < 4.78 is 0. The topological polar surface area (TPSA) is 84.3 Å². The average molecular weight is 314 g/mol. The van der Waals surface area contributed by atoms with Crippen LogP contribution in [0.2, 0.25) is 0 Å². The Morgan fingerprint density at radius 1 is 1.43 bits per heavy atom. The maximum absolute atomic E-state index is 12.1. The maximum atomic E-state index is 12.1. The highest BCUT2D eigenvalue weighted by Crippen LogP contribution is 2.21. The van der Waals surface area contributed by atoms with Crippen LogP contribution in [0.3, 0.4) is 0 Å². The van der Waals surface area contributed by atoms with Gasteiger partial charge < -0.3 is 10.6 Å². The van der Waals surface area contributed by atoms with Crippen molar-refractivity contribution in [1.82, 2.24) is 10.6 Å². The fraction of sp³-hybridized carbons (Fsp3) is 0.500. The molecule has 1 saturated heterocycles. The van der Waals surface area contributed by atoms with Crippen molar-refractivity contribution in [3.05, 3.63) is 39.4 Å². The van der Waals surface area contributed by atoms with Gasteiger partial charge in [0.1, 0.15) is 0 Å². The lowest BCUT2D eigenvalue weighted by Gasteiger charge is -2.23. The highest BCUT2D eigenvalue weighted by molar-refractivity contribution is 5.95. The zero-order chi connectivity index (χ0) is 14.5. The second kappa shape index (κ2) is 7.95. The predicted molar refractivity (Wildman–Crippen MR) is 83.1 cm³/mol. The van der Waals surface area contributed by atoms with E-state index in [9.17, 15) is 14.9 Å². The Balaban J connectivity index is 0.00000220. The number of nitro benzene ring substituents is 1. The van der Waals surface area contributed by atoms with Gasteiger partial charge in [0, 0.05) is 23.2 Å². The van der Waals surface area contributed by atoms with Crippen LogP contribution in [0, 0.1) is 10.1 Å². The molecule has 2 rings (SSSR count). The smallest absolute Gasteiger partial charge is 0.273 e. The van der Waals surface area contributed by atoms with Gasteiger partial charge in [-0.25, -0.2) is 0 Å². The Hall–Kier alpha value is -1.66. The number of halogens is 1. The summed E-state index contributed by atoms with van der Waals surface area (Å²) >= 11 is 0. The van der Waals surface area contributed by atoms with Gasteiger partial charge in [-0.2, -0.15) is 0 Å². The van der Waals surface area contributed by atoms with E-state index in [-0.39, 0.29) is 30.0 Å². The normalized spacial score (nSPS) is 15.1. The third-order valence-corrected chi connectivity index (χ3v) is 3.60. The molecule has 1 fully saturated rings. The lowest BCUT2D eigenvalue weighted by molar-refractivity contribution is -0.385. The van der Waals surface area contributed by atoms with Crippen molar-refractivity contribution in [3.63, 3.8) is 0 Å². The minimum atomic E-state index is -0.430. The number of nitrogens with one attached hydrogen (secondary N) is 2. The van der Waals surface area contributed by atoms with E-state index in [2.05, 4.69) is 10.6 Å². The Bertz CT molecular complexity index is 516. The van der Waals surface area contributed by atoms with Crippen molar-refractivity contribution in [2.24, 2.45) is 0 Å². The Kier molecular flexibility index (Phi) is 6.58. The largest absolute Gasteiger partial charge is 0.349 e. The van der Waals surface area contributed by atoms with Crippen LogP contribution in [-0.4, -0.2) is 30.0 Å². The van der Waals surface area contributed by atoms with E-state index < -0.39 is 4.92 Å². The molecule has 1 aliphatic rings. The first-order chi connectivity index (χ1) is 9.61. The molecule has 1 amide bonds. The lowest BCUT2D eigenvalue weighted by atomic mass is 10.0. The second-order valence-electron chi connectivity index (χ2n) is 4.95. The van der Waals surface area contributed by atoms with Gasteiger partial charge in [0.2, 0.25) is 0 Å². The molecule has 0 aliphatic carbocycles. The summed E-state index contributed by atoms with van der Waals surface area (Å²) in [5, 5.41) is 17.2. The van der Waals surface area contributed by atoms with Crippen LogP contribution in [0.5, 0.6) is 0 Å². The van der Waals surface area contributed by atoms with E-state index in [1.807, 2.05) is 6.92 Å². The Morgan fingerprint density at radius 3 is 2.67 bits per heavy atom. The summed E-state index contributed by atoms with van der Waals surface area (Å²) in [4.78, 5) is 22.7. The van der Waals surface area contributed by atoms with Crippen LogP contribution in [0.25, 0.3) is 0 Å². The molecule has 0 aromatic heterocycles. The molecule has 21 heavy (non-hydrogen) atoms. The number of nitro groups is 1. The van der Waals surface area contributed by atoms with E-state index in [4.69, 9.17) is 0 Å². The predicted octanol–water partition coefficient (Wildman–Crippen LogP) is 2.06. The highest BCUT2D eigenvalue weighted by Gasteiger charge is 2.19. The number of benzene rings is 1. The van der Waals surface area contributed by atoms with E-state index in [1.54, 1.807) is 12.1 Å². The van der Waals surface area contributed by atoms with E-state index in [0.29, 0.717) is 17.5 Å². The number of amides is 1. The standard InChI is InChI=1S/C14H19N3O3.ClH/c1-2-10-3-4-11(9-13(10)17(19)20)14(18)16-12-5-7-15-8-6-12;/h3-4,9,12,15H,2,5-8H2,1H3,(H,16,18);1H. The zero-order valence-electron chi connectivity index (χ0n) is 11.9. The molecule has 116 valence electrons. The lowest BCUT2D eigenvalue weighted by Crippen LogP contribution is -2.42. The molecule has 0 unspecified atom stereocenters. The molecule has 1 heterocycles. The van der Waals surface area contributed by atoms with Crippen molar-refractivity contribution < 1.29 is 9.72 Å². The molecule has 0 bridgehead atoms. The highest BCUT2D eigenvalue weighted by atomic mass is 35.5. The minimum Gasteiger partial charge on any atom is -0.349 e. The van der Waals surface area contributed by atoms with Gasteiger partial charge in [-0.05, 0) is 38.4 Å². The van der Waals surface area contributed by atoms with Crippen LogP contribution in [-0.2, 0) is 6.42 Å². The molecule has 1 aliphatic heterocycles. The number of aryl methyl sites for hydroxylation is 1. The second-order valence-corrected chi connectivity index (χ2v) is 4.95. The molecule has 0 radical (unpaired) electrons. The molecule has 1 aromatic carbocycles. The van der Waals surface area contributed by atoms with Crippen LogP contribution < -0.4 is 10.6 Å². The van der Waals surface area contributed by atoms with Gasteiger partial charge in [-0.1, -0.05) is 13.0 Å². The fourth-order valence-corrected chi connectivity index (χ4v) is 2.41. The molecule has 0 saturated carbocycles. The van der Waals surface area contributed by atoms with Crippen LogP contribution in [0.15, 0.2) is 18.2 Å². The molecule has 7 heteroatoms. The third-order valence-electron chi connectivity index (χ3n) is 3.60. The summed E-state index contributed by atoms with van der Waals surface area (Å²) in [5.41, 5.74) is 1.02. The SMILES string of the molecule is CCc1ccc(C(=O)NC2CCNCC2)cc1[N+](=O)[O-].Cl. The monoisotopic (exact) mass is 313 g/mol. The summed E-state index contributed by atoms with van der Waals surface area (Å²) in [7, 11) is 0. The van der Waals surface area contributed by atoms with Crippen molar-refractivity contribution in [1.29, 1.82) is 0 Å². The minimum absolute atomic E-state index is 0. The van der Waals surface area contributed by atoms with Crippen molar-refractivity contribution >= 4 is 24.0 Å². The number of piperidine rings is 1. The first kappa shape index (κ1) is 17.4. The van der Waals surface area contributed by atoms with E-state index in [0.717, 1.165) is 25.9 Å². The number of hydrogen-bond acceptors (Lipinski definition) is 4. The van der Waals surface area contributed by atoms with Crippen molar-refractivity contribution in [3.8, 4) is 0 Å². The average Bonchev–Trinajstić information content (AvgIpc) is 2.47. The van der Waals surface area contributed by atoms with Crippen molar-refractivity contribution in [2.45, 2.75) is 32.2 Å².